The van der Waals surface area contributed by atoms with Gasteiger partial charge < -0.3 is 0 Å². The molecular formula is C22H16N4. The van der Waals surface area contributed by atoms with E-state index in [0.29, 0.717) is 5.65 Å². The summed E-state index contributed by atoms with van der Waals surface area (Å²) in [6, 6.07) is 24.8. The van der Waals surface area contributed by atoms with Gasteiger partial charge in [0.25, 0.3) is 0 Å². The Morgan fingerprint density at radius 2 is 1.62 bits per heavy atom. The lowest BCUT2D eigenvalue weighted by molar-refractivity contribution is 0.958. The number of aromatic nitrogens is 4. The van der Waals surface area contributed by atoms with Gasteiger partial charge in [-0.1, -0.05) is 60.2 Å². The molecule has 4 heteroatoms. The van der Waals surface area contributed by atoms with Gasteiger partial charge in [0.2, 0.25) is 0 Å². The fourth-order valence-corrected chi connectivity index (χ4v) is 3.21. The number of hydrogen-bond donors (Lipinski definition) is 0. The zero-order valence-electron chi connectivity index (χ0n) is 14.3. The largest absolute Gasteiger partial charge is 0.235 e. The first-order valence-corrected chi connectivity index (χ1v) is 8.56. The average Bonchev–Trinajstić information content (AvgIpc) is 3.07. The summed E-state index contributed by atoms with van der Waals surface area (Å²) in [7, 11) is 0. The Labute approximate surface area is 150 Å². The molecule has 5 rings (SSSR count). The third-order valence-corrected chi connectivity index (χ3v) is 4.57. The first-order valence-electron chi connectivity index (χ1n) is 8.56. The van der Waals surface area contributed by atoms with E-state index in [1.165, 1.54) is 5.56 Å². The summed E-state index contributed by atoms with van der Waals surface area (Å²) in [5, 5.41) is 5.64. The van der Waals surface area contributed by atoms with Gasteiger partial charge in [0.05, 0.1) is 16.8 Å². The number of rotatable bonds is 2. The van der Waals surface area contributed by atoms with Crippen LogP contribution < -0.4 is 0 Å². The van der Waals surface area contributed by atoms with Crippen molar-refractivity contribution in [1.82, 2.24) is 19.6 Å². The van der Waals surface area contributed by atoms with Crippen LogP contribution in [0.4, 0.5) is 0 Å². The topological polar surface area (TPSA) is 43.1 Å². The highest BCUT2D eigenvalue weighted by Gasteiger charge is 2.14. The van der Waals surface area contributed by atoms with Gasteiger partial charge >= 0.3 is 0 Å². The van der Waals surface area contributed by atoms with E-state index in [0.717, 1.165) is 33.5 Å². The van der Waals surface area contributed by atoms with Crippen molar-refractivity contribution in [2.75, 3.05) is 0 Å². The van der Waals surface area contributed by atoms with Crippen LogP contribution in [0.1, 0.15) is 5.56 Å². The molecule has 0 atom stereocenters. The minimum absolute atomic E-state index is 0.707. The fourth-order valence-electron chi connectivity index (χ4n) is 3.21. The second kappa shape index (κ2) is 5.77. The number of hydrogen-bond acceptors (Lipinski definition) is 3. The van der Waals surface area contributed by atoms with Crippen LogP contribution in [0, 0.1) is 6.92 Å². The third kappa shape index (κ3) is 2.35. The first-order chi connectivity index (χ1) is 12.8. The van der Waals surface area contributed by atoms with E-state index in [2.05, 4.69) is 59.5 Å². The van der Waals surface area contributed by atoms with Crippen LogP contribution in [0.5, 0.6) is 0 Å². The maximum absolute atomic E-state index is 4.91. The van der Waals surface area contributed by atoms with Crippen molar-refractivity contribution in [2.24, 2.45) is 0 Å². The maximum Gasteiger partial charge on any atom is 0.183 e. The molecule has 0 N–H and O–H groups in total. The highest BCUT2D eigenvalue weighted by molar-refractivity contribution is 5.91. The molecule has 0 aliphatic heterocycles. The Morgan fingerprint density at radius 3 is 2.42 bits per heavy atom. The molecule has 0 spiro atoms. The zero-order chi connectivity index (χ0) is 17.5. The Hall–Kier alpha value is -3.53. The predicted octanol–water partition coefficient (Wildman–Crippen LogP) is 4.92. The molecule has 26 heavy (non-hydrogen) atoms. The molecule has 0 fully saturated rings. The van der Waals surface area contributed by atoms with Crippen LogP contribution in [-0.4, -0.2) is 19.6 Å². The summed E-state index contributed by atoms with van der Waals surface area (Å²) in [5.41, 5.74) is 6.89. The molecule has 3 heterocycles. The minimum atomic E-state index is 0.707. The van der Waals surface area contributed by atoms with Crippen LogP contribution in [0.3, 0.4) is 0 Å². The van der Waals surface area contributed by atoms with Crippen molar-refractivity contribution in [1.29, 1.82) is 0 Å². The summed E-state index contributed by atoms with van der Waals surface area (Å²) < 4.78 is 1.89. The predicted molar refractivity (Wildman–Crippen MR) is 104 cm³/mol. The molecular weight excluding hydrogens is 320 g/mol. The number of fused-ring (bicyclic) bond motifs is 3. The minimum Gasteiger partial charge on any atom is -0.235 e. The van der Waals surface area contributed by atoms with Crippen molar-refractivity contribution in [2.45, 2.75) is 6.92 Å². The number of nitrogens with zero attached hydrogens (tertiary/aromatic N) is 4. The van der Waals surface area contributed by atoms with Crippen molar-refractivity contribution in [3.63, 3.8) is 0 Å². The molecule has 0 amide bonds. The van der Waals surface area contributed by atoms with Crippen molar-refractivity contribution in [3.8, 4) is 22.5 Å². The van der Waals surface area contributed by atoms with E-state index in [1.807, 2.05) is 34.8 Å². The summed E-state index contributed by atoms with van der Waals surface area (Å²) in [4.78, 5) is 9.31. The molecule has 4 nitrogen and oxygen atoms in total. The Kier molecular flexibility index (Phi) is 3.28. The van der Waals surface area contributed by atoms with Gasteiger partial charge in [-0.3, -0.25) is 0 Å². The Morgan fingerprint density at radius 1 is 0.808 bits per heavy atom. The molecule has 3 aromatic heterocycles. The zero-order valence-corrected chi connectivity index (χ0v) is 14.3. The molecule has 5 aromatic rings. The highest BCUT2D eigenvalue weighted by Crippen LogP contribution is 2.29. The van der Waals surface area contributed by atoms with E-state index in [1.54, 1.807) is 6.20 Å². The van der Waals surface area contributed by atoms with Crippen LogP contribution in [0.2, 0.25) is 0 Å². The lowest BCUT2D eigenvalue weighted by atomic mass is 10.1. The smallest absolute Gasteiger partial charge is 0.183 e. The van der Waals surface area contributed by atoms with Gasteiger partial charge in [-0.25, -0.2) is 14.5 Å². The van der Waals surface area contributed by atoms with Gasteiger partial charge in [-0.2, -0.15) is 0 Å². The number of pyridine rings is 1. The van der Waals surface area contributed by atoms with Gasteiger partial charge in [-0.05, 0) is 25.1 Å². The van der Waals surface area contributed by atoms with Crippen molar-refractivity contribution in [3.05, 3.63) is 84.6 Å². The molecule has 124 valence electrons. The molecule has 0 aliphatic carbocycles. The molecule has 0 unspecified atom stereocenters. The van der Waals surface area contributed by atoms with Gasteiger partial charge in [0.1, 0.15) is 0 Å². The highest BCUT2D eigenvalue weighted by atomic mass is 15.3. The van der Waals surface area contributed by atoms with Crippen molar-refractivity contribution >= 4 is 16.7 Å². The van der Waals surface area contributed by atoms with E-state index < -0.39 is 0 Å². The van der Waals surface area contributed by atoms with Crippen LogP contribution in [0.15, 0.2) is 79.0 Å². The second-order valence-corrected chi connectivity index (χ2v) is 6.37. The standard InChI is InChI=1S/C22H16N4/c1-15-9-11-16(12-10-15)19-14-20(17-6-3-2-4-7-17)26-22(24-19)18-8-5-13-23-21(18)25-26/h2-14H,1H3. The molecule has 0 saturated heterocycles. The van der Waals surface area contributed by atoms with Gasteiger partial charge in [0, 0.05) is 17.3 Å². The lowest BCUT2D eigenvalue weighted by Crippen LogP contribution is -1.98. The Balaban J connectivity index is 1.87. The van der Waals surface area contributed by atoms with E-state index in [-0.39, 0.29) is 0 Å². The monoisotopic (exact) mass is 336 g/mol. The maximum atomic E-state index is 4.91. The second-order valence-electron chi connectivity index (χ2n) is 6.37. The van der Waals surface area contributed by atoms with Gasteiger partial charge in [0.15, 0.2) is 11.3 Å². The average molecular weight is 336 g/mol. The Bertz CT molecular complexity index is 1220. The number of benzene rings is 2. The SMILES string of the molecule is Cc1ccc(-c2cc(-c3ccccc3)n3nc4ncccc4c3n2)cc1. The summed E-state index contributed by atoms with van der Waals surface area (Å²) in [6.07, 6.45) is 1.76. The van der Waals surface area contributed by atoms with Crippen LogP contribution >= 0.6 is 0 Å². The first kappa shape index (κ1) is 14.8. The van der Waals surface area contributed by atoms with E-state index in [9.17, 15) is 0 Å². The molecule has 0 saturated carbocycles. The summed E-state index contributed by atoms with van der Waals surface area (Å²) >= 11 is 0. The fraction of sp³-hybridized carbons (Fsp3) is 0.0455. The van der Waals surface area contributed by atoms with Crippen molar-refractivity contribution < 1.29 is 0 Å². The van der Waals surface area contributed by atoms with E-state index >= 15 is 0 Å². The number of aryl methyl sites for hydroxylation is 1. The lowest BCUT2D eigenvalue weighted by Gasteiger charge is -2.09. The van der Waals surface area contributed by atoms with Crippen LogP contribution in [-0.2, 0) is 0 Å². The van der Waals surface area contributed by atoms with E-state index in [4.69, 9.17) is 4.98 Å². The van der Waals surface area contributed by atoms with Crippen LogP contribution in [0.25, 0.3) is 39.2 Å². The van der Waals surface area contributed by atoms with Gasteiger partial charge in [-0.15, -0.1) is 5.10 Å². The molecule has 0 aliphatic rings. The normalized spacial score (nSPS) is 11.3. The molecule has 0 radical (unpaired) electrons. The third-order valence-electron chi connectivity index (χ3n) is 4.57. The summed E-state index contributed by atoms with van der Waals surface area (Å²) in [6.45, 7) is 2.09. The molecule has 0 bridgehead atoms. The summed E-state index contributed by atoms with van der Waals surface area (Å²) in [5.74, 6) is 0. The molecule has 2 aromatic carbocycles. The quantitative estimate of drug-likeness (QED) is 0.459.